The summed E-state index contributed by atoms with van der Waals surface area (Å²) in [6, 6.07) is 16.1. The first-order valence-corrected chi connectivity index (χ1v) is 12.1. The summed E-state index contributed by atoms with van der Waals surface area (Å²) in [5.74, 6) is 0. The number of benzene rings is 2. The molecule has 0 bridgehead atoms. The zero-order valence-electron chi connectivity index (χ0n) is 17.0. The summed E-state index contributed by atoms with van der Waals surface area (Å²) in [5.41, 5.74) is 2.07. The second-order valence-electron chi connectivity index (χ2n) is 7.85. The number of nitrogens with zero attached hydrogens (tertiary/aromatic N) is 3. The molecule has 0 unspecified atom stereocenters. The number of halogens is 1. The lowest BCUT2D eigenvalue weighted by Crippen LogP contribution is -2.46. The van der Waals surface area contributed by atoms with Crippen molar-refractivity contribution in [3.05, 3.63) is 68.7 Å². The molecular weight excluding hydrogens is 448 g/mol. The summed E-state index contributed by atoms with van der Waals surface area (Å²) in [7, 11) is 0. The highest BCUT2D eigenvalue weighted by molar-refractivity contribution is 7.71. The normalized spacial score (nSPS) is 15.2. The van der Waals surface area contributed by atoms with E-state index in [-0.39, 0.29) is 5.56 Å². The minimum Gasteiger partial charge on any atom is -0.369 e. The fraction of sp³-hybridized carbons (Fsp3) is 0.304. The van der Waals surface area contributed by atoms with Crippen molar-refractivity contribution in [2.24, 2.45) is 0 Å². The lowest BCUT2D eigenvalue weighted by atomic mass is 10.2. The van der Waals surface area contributed by atoms with E-state index < -0.39 is 0 Å². The number of thiophene rings is 1. The van der Waals surface area contributed by atoms with Crippen LogP contribution in [0.5, 0.6) is 0 Å². The summed E-state index contributed by atoms with van der Waals surface area (Å²) in [6.45, 7) is 5.55. The Morgan fingerprint density at radius 1 is 1.03 bits per heavy atom. The molecule has 1 N–H and O–H groups in total. The molecule has 1 aliphatic heterocycles. The maximum Gasteiger partial charge on any atom is 0.272 e. The van der Waals surface area contributed by atoms with E-state index in [1.165, 1.54) is 17.0 Å². The molecule has 1 saturated heterocycles. The highest BCUT2D eigenvalue weighted by atomic mass is 35.5. The van der Waals surface area contributed by atoms with Gasteiger partial charge in [0.15, 0.2) is 4.77 Å². The Morgan fingerprint density at radius 3 is 2.65 bits per heavy atom. The Labute approximate surface area is 194 Å². The summed E-state index contributed by atoms with van der Waals surface area (Å²) >= 11 is 13.2. The van der Waals surface area contributed by atoms with Crippen LogP contribution in [0.2, 0.25) is 5.02 Å². The molecule has 160 valence electrons. The number of nitrogens with one attached hydrogen (secondary N) is 1. The zero-order valence-corrected chi connectivity index (χ0v) is 19.4. The first-order valence-electron chi connectivity index (χ1n) is 10.5. The van der Waals surface area contributed by atoms with Crippen LogP contribution in [0.3, 0.4) is 0 Å². The van der Waals surface area contributed by atoms with E-state index in [9.17, 15) is 4.79 Å². The van der Waals surface area contributed by atoms with Gasteiger partial charge < -0.3 is 9.88 Å². The second-order valence-corrected chi connectivity index (χ2v) is 9.73. The number of anilines is 1. The Kier molecular flexibility index (Phi) is 5.84. The molecule has 5 rings (SSSR count). The zero-order chi connectivity index (χ0) is 21.4. The number of aromatic nitrogens is 2. The van der Waals surface area contributed by atoms with Crippen molar-refractivity contribution in [3.63, 3.8) is 0 Å². The molecule has 3 heterocycles. The summed E-state index contributed by atoms with van der Waals surface area (Å²) in [4.78, 5) is 21.2. The Morgan fingerprint density at radius 2 is 1.84 bits per heavy atom. The number of H-pyrrole nitrogens is 1. The average Bonchev–Trinajstić information content (AvgIpc) is 3.15. The molecule has 0 aliphatic carbocycles. The molecular formula is C23H23ClN4OS2. The predicted octanol–water partition coefficient (Wildman–Crippen LogP) is 5.14. The lowest BCUT2D eigenvalue weighted by molar-refractivity contribution is 0.250. The topological polar surface area (TPSA) is 44.3 Å². The van der Waals surface area contributed by atoms with Crippen molar-refractivity contribution >= 4 is 61.1 Å². The van der Waals surface area contributed by atoms with Crippen LogP contribution in [0, 0.1) is 4.77 Å². The van der Waals surface area contributed by atoms with Crippen LogP contribution in [0.1, 0.15) is 6.42 Å². The van der Waals surface area contributed by atoms with E-state index in [0.717, 1.165) is 64.5 Å². The van der Waals surface area contributed by atoms with Crippen LogP contribution < -0.4 is 10.5 Å². The van der Waals surface area contributed by atoms with Gasteiger partial charge in [0.2, 0.25) is 0 Å². The van der Waals surface area contributed by atoms with Crippen molar-refractivity contribution in [1.29, 1.82) is 0 Å². The number of piperazine rings is 1. The molecule has 0 saturated carbocycles. The van der Waals surface area contributed by atoms with Crippen LogP contribution in [0.25, 0.3) is 20.3 Å². The summed E-state index contributed by atoms with van der Waals surface area (Å²) < 4.78 is 4.09. The SMILES string of the molecule is O=c1c2sc3ccccc3c2[nH]c(=S)n1CCCN1CCN(c2cccc(Cl)c2)CC1. The average molecular weight is 471 g/mol. The molecule has 8 heteroatoms. The monoisotopic (exact) mass is 470 g/mol. The van der Waals surface area contributed by atoms with Gasteiger partial charge in [-0.15, -0.1) is 11.3 Å². The van der Waals surface area contributed by atoms with Crippen LogP contribution in [-0.4, -0.2) is 47.2 Å². The third kappa shape index (κ3) is 4.15. The molecule has 31 heavy (non-hydrogen) atoms. The van der Waals surface area contributed by atoms with E-state index in [1.807, 2.05) is 42.5 Å². The maximum absolute atomic E-state index is 13.1. The molecule has 2 aromatic carbocycles. The predicted molar refractivity (Wildman–Crippen MR) is 133 cm³/mol. The van der Waals surface area contributed by atoms with Gasteiger partial charge in [-0.1, -0.05) is 35.9 Å². The van der Waals surface area contributed by atoms with Crippen molar-refractivity contribution in [2.45, 2.75) is 13.0 Å². The third-order valence-corrected chi connectivity index (χ3v) is 7.63. The van der Waals surface area contributed by atoms with Gasteiger partial charge in [0.05, 0.1) is 5.52 Å². The van der Waals surface area contributed by atoms with Crippen LogP contribution >= 0.6 is 35.2 Å². The molecule has 2 aromatic heterocycles. The quantitative estimate of drug-likeness (QED) is 0.410. The largest absolute Gasteiger partial charge is 0.369 e. The molecule has 4 aromatic rings. The van der Waals surface area contributed by atoms with Gasteiger partial charge in [0, 0.05) is 53.5 Å². The van der Waals surface area contributed by atoms with E-state index in [2.05, 4.69) is 20.9 Å². The van der Waals surface area contributed by atoms with Crippen LogP contribution in [-0.2, 0) is 6.54 Å². The molecule has 1 aliphatic rings. The van der Waals surface area contributed by atoms with E-state index in [0.29, 0.717) is 11.3 Å². The summed E-state index contributed by atoms with van der Waals surface area (Å²) in [6.07, 6.45) is 0.894. The van der Waals surface area contributed by atoms with Crippen molar-refractivity contribution in [2.75, 3.05) is 37.6 Å². The van der Waals surface area contributed by atoms with Crippen LogP contribution in [0.15, 0.2) is 53.3 Å². The third-order valence-electron chi connectivity index (χ3n) is 5.91. The van der Waals surface area contributed by atoms with Crippen molar-refractivity contribution in [1.82, 2.24) is 14.5 Å². The van der Waals surface area contributed by atoms with Gasteiger partial charge in [-0.3, -0.25) is 14.3 Å². The van der Waals surface area contributed by atoms with Gasteiger partial charge in [-0.2, -0.15) is 0 Å². The van der Waals surface area contributed by atoms with E-state index in [1.54, 1.807) is 4.57 Å². The Hall–Kier alpha value is -2.19. The van der Waals surface area contributed by atoms with Gasteiger partial charge in [0.25, 0.3) is 5.56 Å². The van der Waals surface area contributed by atoms with Gasteiger partial charge in [0.1, 0.15) is 4.70 Å². The highest BCUT2D eigenvalue weighted by Crippen LogP contribution is 2.30. The van der Waals surface area contributed by atoms with Crippen LogP contribution in [0.4, 0.5) is 5.69 Å². The fourth-order valence-electron chi connectivity index (χ4n) is 4.27. The first-order chi connectivity index (χ1) is 15.1. The van der Waals surface area contributed by atoms with Crippen molar-refractivity contribution < 1.29 is 0 Å². The summed E-state index contributed by atoms with van der Waals surface area (Å²) in [5, 5.41) is 1.84. The standard InChI is InChI=1S/C23H23ClN4OS2/c24-16-5-3-6-17(15-16)27-13-11-26(12-14-27)9-4-10-28-22(29)21-20(25-23(28)30)18-7-1-2-8-19(18)31-21/h1-3,5-8,15H,4,9-14H2,(H,25,30). The molecule has 5 nitrogen and oxygen atoms in total. The number of aromatic amines is 1. The van der Waals surface area contributed by atoms with Crippen molar-refractivity contribution in [3.8, 4) is 0 Å². The number of fused-ring (bicyclic) bond motifs is 3. The molecule has 0 spiro atoms. The molecule has 0 radical (unpaired) electrons. The first kappa shape index (κ1) is 20.7. The van der Waals surface area contributed by atoms with Gasteiger partial charge in [-0.25, -0.2) is 0 Å². The smallest absolute Gasteiger partial charge is 0.272 e. The Balaban J connectivity index is 1.23. The number of rotatable bonds is 5. The highest BCUT2D eigenvalue weighted by Gasteiger charge is 2.17. The maximum atomic E-state index is 13.1. The minimum absolute atomic E-state index is 0.0192. The number of hydrogen-bond donors (Lipinski definition) is 1. The van der Waals surface area contributed by atoms with E-state index >= 15 is 0 Å². The molecule has 0 atom stereocenters. The fourth-order valence-corrected chi connectivity index (χ4v) is 5.84. The van der Waals surface area contributed by atoms with Gasteiger partial charge in [-0.05, 0) is 49.4 Å². The molecule has 1 fully saturated rings. The Bertz CT molecular complexity index is 1350. The van der Waals surface area contributed by atoms with Gasteiger partial charge >= 0.3 is 0 Å². The van der Waals surface area contributed by atoms with E-state index in [4.69, 9.17) is 23.8 Å². The minimum atomic E-state index is 0.0192. The number of hydrogen-bond acceptors (Lipinski definition) is 5. The molecule has 0 amide bonds. The second kappa shape index (κ2) is 8.74. The lowest BCUT2D eigenvalue weighted by Gasteiger charge is -2.36.